The summed E-state index contributed by atoms with van der Waals surface area (Å²) in [6, 6.07) is 10.1. The molecule has 0 aliphatic heterocycles. The summed E-state index contributed by atoms with van der Waals surface area (Å²) < 4.78 is 35.8. The van der Waals surface area contributed by atoms with Crippen LogP contribution in [0.25, 0.3) is 10.8 Å². The number of hydrogen-bond donors (Lipinski definition) is 1. The average molecular weight is 657 g/mol. The van der Waals surface area contributed by atoms with Crippen molar-refractivity contribution in [3.05, 3.63) is 41.5 Å². The van der Waals surface area contributed by atoms with Crippen LogP contribution in [0.15, 0.2) is 35.2 Å². The first-order valence-corrected chi connectivity index (χ1v) is 21.4. The SMILES string of the molecule is CCCCCCCCCCCCCCCCc1ccc2cccc(CCCCCCCCCCCCCCCC)c2c1S(=O)(=O)O. The molecule has 2 aromatic carbocycles. The number of benzene rings is 2. The van der Waals surface area contributed by atoms with E-state index in [0.29, 0.717) is 6.42 Å². The second-order valence-corrected chi connectivity index (χ2v) is 15.6. The molecule has 0 atom stereocenters. The highest BCUT2D eigenvalue weighted by molar-refractivity contribution is 7.86. The van der Waals surface area contributed by atoms with Gasteiger partial charge in [0.15, 0.2) is 0 Å². The second-order valence-electron chi connectivity index (χ2n) is 14.2. The smallest absolute Gasteiger partial charge is 0.282 e. The van der Waals surface area contributed by atoms with Gasteiger partial charge in [-0.1, -0.05) is 211 Å². The molecule has 1 N–H and O–H groups in total. The summed E-state index contributed by atoms with van der Waals surface area (Å²) >= 11 is 0. The summed E-state index contributed by atoms with van der Waals surface area (Å²) in [6.45, 7) is 4.55. The Kier molecular flexibility index (Phi) is 23.5. The van der Waals surface area contributed by atoms with E-state index >= 15 is 0 Å². The van der Waals surface area contributed by atoms with E-state index in [9.17, 15) is 13.0 Å². The normalized spacial score (nSPS) is 12.0. The Balaban J connectivity index is 1.70. The summed E-state index contributed by atoms with van der Waals surface area (Å²) in [4.78, 5) is 0.167. The molecule has 0 radical (unpaired) electrons. The highest BCUT2D eigenvalue weighted by Gasteiger charge is 2.21. The highest BCUT2D eigenvalue weighted by atomic mass is 32.2. The van der Waals surface area contributed by atoms with Crippen molar-refractivity contribution in [2.45, 2.75) is 211 Å². The van der Waals surface area contributed by atoms with Crippen LogP contribution >= 0.6 is 0 Å². The molecular weight excluding hydrogens is 585 g/mol. The van der Waals surface area contributed by atoms with Gasteiger partial charge in [0.1, 0.15) is 4.90 Å². The zero-order valence-electron chi connectivity index (χ0n) is 30.3. The van der Waals surface area contributed by atoms with E-state index in [1.165, 1.54) is 161 Å². The van der Waals surface area contributed by atoms with Crippen LogP contribution in [0.3, 0.4) is 0 Å². The van der Waals surface area contributed by atoms with Crippen LogP contribution in [0.1, 0.15) is 205 Å². The Morgan fingerprint density at radius 2 is 0.783 bits per heavy atom. The third kappa shape index (κ3) is 18.2. The molecule has 0 saturated heterocycles. The zero-order chi connectivity index (χ0) is 33.1. The van der Waals surface area contributed by atoms with E-state index in [-0.39, 0.29) is 4.90 Å². The topological polar surface area (TPSA) is 54.4 Å². The van der Waals surface area contributed by atoms with Crippen LogP contribution in [-0.4, -0.2) is 13.0 Å². The molecular formula is C42H72O3S. The molecule has 0 unspecified atom stereocenters. The molecule has 2 aromatic rings. The van der Waals surface area contributed by atoms with Crippen molar-refractivity contribution in [3.8, 4) is 0 Å². The van der Waals surface area contributed by atoms with Gasteiger partial charge in [-0.3, -0.25) is 4.55 Å². The van der Waals surface area contributed by atoms with Crippen molar-refractivity contribution in [1.82, 2.24) is 0 Å². The molecule has 0 aliphatic carbocycles. The number of rotatable bonds is 31. The predicted molar refractivity (Wildman–Crippen MR) is 202 cm³/mol. The Morgan fingerprint density at radius 3 is 1.15 bits per heavy atom. The highest BCUT2D eigenvalue weighted by Crippen LogP contribution is 2.32. The molecule has 0 saturated carbocycles. The van der Waals surface area contributed by atoms with Crippen molar-refractivity contribution >= 4 is 20.9 Å². The number of unbranched alkanes of at least 4 members (excludes halogenated alkanes) is 26. The maximum Gasteiger partial charge on any atom is 0.295 e. The van der Waals surface area contributed by atoms with E-state index in [1.54, 1.807) is 0 Å². The molecule has 0 bridgehead atoms. The monoisotopic (exact) mass is 657 g/mol. The van der Waals surface area contributed by atoms with Crippen molar-refractivity contribution in [2.24, 2.45) is 0 Å². The maximum atomic E-state index is 12.7. The fraction of sp³-hybridized carbons (Fsp3) is 0.762. The molecule has 0 heterocycles. The summed E-state index contributed by atoms with van der Waals surface area (Å²) in [5.41, 5.74) is 1.84. The first kappa shape index (κ1) is 40.8. The Labute approximate surface area is 285 Å². The van der Waals surface area contributed by atoms with Crippen molar-refractivity contribution in [3.63, 3.8) is 0 Å². The molecule has 3 nitrogen and oxygen atoms in total. The van der Waals surface area contributed by atoms with Crippen molar-refractivity contribution in [1.29, 1.82) is 0 Å². The predicted octanol–water partition coefficient (Wildman–Crippen LogP) is 14.1. The zero-order valence-corrected chi connectivity index (χ0v) is 31.1. The number of aryl methyl sites for hydroxylation is 2. The van der Waals surface area contributed by atoms with Crippen LogP contribution in [0.2, 0.25) is 0 Å². The van der Waals surface area contributed by atoms with Crippen molar-refractivity contribution in [2.75, 3.05) is 0 Å². The molecule has 264 valence electrons. The van der Waals surface area contributed by atoms with Gasteiger partial charge in [0, 0.05) is 5.39 Å². The lowest BCUT2D eigenvalue weighted by atomic mass is 9.95. The van der Waals surface area contributed by atoms with Crippen molar-refractivity contribution < 1.29 is 13.0 Å². The van der Waals surface area contributed by atoms with E-state index in [4.69, 9.17) is 0 Å². The second kappa shape index (κ2) is 26.6. The molecule has 0 aliphatic rings. The molecule has 46 heavy (non-hydrogen) atoms. The summed E-state index contributed by atoms with van der Waals surface area (Å²) in [5.74, 6) is 0. The Bertz CT molecular complexity index is 1120. The summed E-state index contributed by atoms with van der Waals surface area (Å²) in [6.07, 6.45) is 38.4. The minimum Gasteiger partial charge on any atom is -0.282 e. The van der Waals surface area contributed by atoms with E-state index < -0.39 is 10.1 Å². The molecule has 0 aromatic heterocycles. The third-order valence-corrected chi connectivity index (χ3v) is 11.0. The standard InChI is InChI=1S/C42H72O3S/c1-3-5-7-9-11-13-15-17-19-21-23-25-27-29-32-38-34-31-35-39-36-37-40(42(41(38)39)46(43,44)45)33-30-28-26-24-22-20-18-16-14-12-10-8-6-4-2/h31,34-37H,3-30,32-33H2,1-2H3,(H,43,44,45). The van der Waals surface area contributed by atoms with Gasteiger partial charge in [0.25, 0.3) is 10.1 Å². The van der Waals surface area contributed by atoms with Gasteiger partial charge in [0.2, 0.25) is 0 Å². The lowest BCUT2D eigenvalue weighted by Crippen LogP contribution is -2.06. The molecule has 2 rings (SSSR count). The quantitative estimate of drug-likeness (QED) is 0.0649. The maximum absolute atomic E-state index is 12.7. The Hall–Kier alpha value is -1.39. The van der Waals surface area contributed by atoms with Gasteiger partial charge in [-0.25, -0.2) is 0 Å². The van der Waals surface area contributed by atoms with Gasteiger partial charge < -0.3 is 0 Å². The van der Waals surface area contributed by atoms with Gasteiger partial charge in [-0.15, -0.1) is 0 Å². The minimum absolute atomic E-state index is 0.167. The van der Waals surface area contributed by atoms with Gasteiger partial charge in [-0.2, -0.15) is 8.42 Å². The van der Waals surface area contributed by atoms with E-state index in [2.05, 4.69) is 26.0 Å². The lowest BCUT2D eigenvalue weighted by molar-refractivity contribution is 0.482. The van der Waals surface area contributed by atoms with Crippen LogP contribution in [0, 0.1) is 0 Å². The van der Waals surface area contributed by atoms with Gasteiger partial charge >= 0.3 is 0 Å². The average Bonchev–Trinajstić information content (AvgIpc) is 3.04. The van der Waals surface area contributed by atoms with Crippen LogP contribution < -0.4 is 0 Å². The molecule has 4 heteroatoms. The number of fused-ring (bicyclic) bond motifs is 1. The van der Waals surface area contributed by atoms with Crippen LogP contribution in [0.5, 0.6) is 0 Å². The fourth-order valence-electron chi connectivity index (χ4n) is 7.18. The summed E-state index contributed by atoms with van der Waals surface area (Å²) in [7, 11) is -4.31. The molecule has 0 spiro atoms. The first-order chi connectivity index (χ1) is 22.5. The fourth-order valence-corrected chi connectivity index (χ4v) is 8.19. The lowest BCUT2D eigenvalue weighted by Gasteiger charge is -2.15. The third-order valence-electron chi connectivity index (χ3n) is 10.0. The van der Waals surface area contributed by atoms with Gasteiger partial charge in [-0.05, 0) is 42.2 Å². The largest absolute Gasteiger partial charge is 0.295 e. The van der Waals surface area contributed by atoms with E-state index in [0.717, 1.165) is 47.6 Å². The van der Waals surface area contributed by atoms with Crippen LogP contribution in [0.4, 0.5) is 0 Å². The summed E-state index contributed by atoms with van der Waals surface area (Å²) in [5, 5.41) is 1.67. The number of hydrogen-bond acceptors (Lipinski definition) is 2. The minimum atomic E-state index is -4.31. The Morgan fingerprint density at radius 1 is 0.435 bits per heavy atom. The van der Waals surface area contributed by atoms with Crippen LogP contribution in [-0.2, 0) is 23.0 Å². The first-order valence-electron chi connectivity index (χ1n) is 20.0. The molecule has 0 fully saturated rings. The van der Waals surface area contributed by atoms with E-state index in [1.807, 2.05) is 18.2 Å². The molecule has 0 amide bonds. The van der Waals surface area contributed by atoms with Gasteiger partial charge in [0.05, 0.1) is 0 Å².